The zero-order chi connectivity index (χ0) is 11.4. The molecule has 1 radical (unpaired) electrons. The van der Waals surface area contributed by atoms with Gasteiger partial charge in [0.25, 0.3) is 0 Å². The van der Waals surface area contributed by atoms with Gasteiger partial charge in [-0.1, -0.05) is 18.2 Å². The van der Waals surface area contributed by atoms with Crippen LogP contribution in [-0.2, 0) is 4.74 Å². The van der Waals surface area contributed by atoms with E-state index in [1.807, 2.05) is 30.3 Å². The van der Waals surface area contributed by atoms with Crippen molar-refractivity contribution in [2.24, 2.45) is 0 Å². The Morgan fingerprint density at radius 3 is 2.88 bits per heavy atom. The molecule has 0 N–H and O–H groups in total. The van der Waals surface area contributed by atoms with E-state index in [2.05, 4.69) is 11.3 Å². The van der Waals surface area contributed by atoms with Crippen molar-refractivity contribution in [3.05, 3.63) is 48.3 Å². The van der Waals surface area contributed by atoms with Gasteiger partial charge >= 0.3 is 5.97 Å². The molecule has 1 aromatic heterocycles. The lowest BCUT2D eigenvalue weighted by Gasteiger charge is -1.99. The van der Waals surface area contributed by atoms with E-state index in [4.69, 9.17) is 4.74 Å². The van der Waals surface area contributed by atoms with Crippen LogP contribution in [0.25, 0.3) is 5.69 Å². The molecule has 4 heteroatoms. The van der Waals surface area contributed by atoms with Crippen molar-refractivity contribution in [2.75, 3.05) is 6.61 Å². The van der Waals surface area contributed by atoms with Crippen LogP contribution in [0.2, 0.25) is 0 Å². The van der Waals surface area contributed by atoms with E-state index < -0.39 is 5.97 Å². The summed E-state index contributed by atoms with van der Waals surface area (Å²) in [5, 5.41) is 4.09. The van der Waals surface area contributed by atoms with Crippen LogP contribution in [0.1, 0.15) is 17.4 Å². The van der Waals surface area contributed by atoms with Crippen LogP contribution in [0.5, 0.6) is 0 Å². The quantitative estimate of drug-likeness (QED) is 0.734. The van der Waals surface area contributed by atoms with E-state index in [1.54, 1.807) is 6.92 Å². The monoisotopic (exact) mass is 215 g/mol. The number of hydrogen-bond acceptors (Lipinski definition) is 3. The molecule has 0 fully saturated rings. The molecule has 0 bridgehead atoms. The van der Waals surface area contributed by atoms with Gasteiger partial charge in [-0.15, -0.1) is 0 Å². The van der Waals surface area contributed by atoms with E-state index >= 15 is 0 Å². The third-order valence-corrected chi connectivity index (χ3v) is 2.02. The first kappa shape index (κ1) is 10.4. The SMILES string of the molecule is CCOC(=O)c1c[c]n(-c2ccccc2)n1. The number of aromatic nitrogens is 2. The van der Waals surface area contributed by atoms with Crippen LogP contribution in [-0.4, -0.2) is 22.4 Å². The average molecular weight is 215 g/mol. The summed E-state index contributed by atoms with van der Waals surface area (Å²) in [7, 11) is 0. The van der Waals surface area contributed by atoms with E-state index in [0.29, 0.717) is 6.61 Å². The first-order chi connectivity index (χ1) is 7.81. The lowest BCUT2D eigenvalue weighted by atomic mass is 10.3. The smallest absolute Gasteiger partial charge is 0.358 e. The summed E-state index contributed by atoms with van der Waals surface area (Å²) in [5.41, 5.74) is 1.13. The molecular weight excluding hydrogens is 204 g/mol. The molecule has 81 valence electrons. The highest BCUT2D eigenvalue weighted by atomic mass is 16.5. The minimum absolute atomic E-state index is 0.269. The molecule has 0 aliphatic heterocycles. The van der Waals surface area contributed by atoms with Gasteiger partial charge in [0.15, 0.2) is 5.69 Å². The average Bonchev–Trinajstić information content (AvgIpc) is 2.80. The second kappa shape index (κ2) is 4.61. The molecule has 0 amide bonds. The van der Waals surface area contributed by atoms with E-state index in [0.717, 1.165) is 5.69 Å². The number of esters is 1. The first-order valence-electron chi connectivity index (χ1n) is 5.01. The molecule has 2 rings (SSSR count). The predicted molar refractivity (Wildman–Crippen MR) is 58.4 cm³/mol. The summed E-state index contributed by atoms with van der Waals surface area (Å²) in [6, 6.07) is 11.0. The highest BCUT2D eigenvalue weighted by molar-refractivity contribution is 5.87. The van der Waals surface area contributed by atoms with Crippen molar-refractivity contribution < 1.29 is 9.53 Å². The Morgan fingerprint density at radius 1 is 1.44 bits per heavy atom. The Kier molecular flexibility index (Phi) is 3.00. The first-order valence-corrected chi connectivity index (χ1v) is 5.01. The summed E-state index contributed by atoms with van der Waals surface area (Å²) >= 11 is 0. The molecule has 0 spiro atoms. The summed E-state index contributed by atoms with van der Waals surface area (Å²) in [5.74, 6) is -0.423. The van der Waals surface area contributed by atoms with Crippen molar-refractivity contribution in [3.8, 4) is 5.69 Å². The van der Waals surface area contributed by atoms with E-state index in [-0.39, 0.29) is 5.69 Å². The molecule has 0 saturated heterocycles. The molecule has 0 aliphatic carbocycles. The number of para-hydroxylation sites is 1. The molecule has 2 aromatic rings. The number of ether oxygens (including phenoxy) is 1. The van der Waals surface area contributed by atoms with Gasteiger partial charge in [0.1, 0.15) is 0 Å². The minimum Gasteiger partial charge on any atom is -0.461 e. The Bertz CT molecular complexity index is 477. The highest BCUT2D eigenvalue weighted by Gasteiger charge is 2.10. The van der Waals surface area contributed by atoms with Gasteiger partial charge in [0, 0.05) is 6.07 Å². The van der Waals surface area contributed by atoms with Crippen molar-refractivity contribution >= 4 is 5.97 Å². The van der Waals surface area contributed by atoms with Gasteiger partial charge in [-0.3, -0.25) is 0 Å². The number of carbonyl (C=O) groups excluding carboxylic acids is 1. The third-order valence-electron chi connectivity index (χ3n) is 2.02. The standard InChI is InChI=1S/C12H11N2O2/c1-2-16-12(15)11-8-9-14(13-11)10-6-4-3-5-7-10/h3-8H,2H2,1H3. The lowest BCUT2D eigenvalue weighted by molar-refractivity contribution is 0.0519. The van der Waals surface area contributed by atoms with Gasteiger partial charge in [0.05, 0.1) is 18.5 Å². The highest BCUT2D eigenvalue weighted by Crippen LogP contribution is 2.06. The fraction of sp³-hybridized carbons (Fsp3) is 0.167. The van der Waals surface area contributed by atoms with E-state index in [1.165, 1.54) is 10.7 Å². The van der Waals surface area contributed by atoms with Crippen LogP contribution < -0.4 is 0 Å². The summed E-state index contributed by atoms with van der Waals surface area (Å²) in [4.78, 5) is 11.4. The zero-order valence-electron chi connectivity index (χ0n) is 8.88. The molecule has 0 aliphatic rings. The van der Waals surface area contributed by atoms with Gasteiger partial charge in [0.2, 0.25) is 0 Å². The maximum Gasteiger partial charge on any atom is 0.358 e. The molecular formula is C12H11N2O2. The number of rotatable bonds is 3. The molecule has 0 unspecified atom stereocenters. The fourth-order valence-electron chi connectivity index (χ4n) is 1.29. The van der Waals surface area contributed by atoms with Crippen molar-refractivity contribution in [1.82, 2.24) is 9.78 Å². The third kappa shape index (κ3) is 2.11. The second-order valence-corrected chi connectivity index (χ2v) is 3.13. The molecule has 0 atom stereocenters. The molecule has 1 heterocycles. The summed E-state index contributed by atoms with van der Waals surface area (Å²) < 4.78 is 6.36. The Morgan fingerprint density at radius 2 is 2.19 bits per heavy atom. The fourth-order valence-corrected chi connectivity index (χ4v) is 1.29. The normalized spacial score (nSPS) is 10.1. The van der Waals surface area contributed by atoms with Crippen LogP contribution in [0.3, 0.4) is 0 Å². The molecule has 0 saturated carbocycles. The maximum absolute atomic E-state index is 11.4. The Labute approximate surface area is 93.5 Å². The number of nitrogens with zero attached hydrogens (tertiary/aromatic N) is 2. The molecule has 4 nitrogen and oxygen atoms in total. The second-order valence-electron chi connectivity index (χ2n) is 3.13. The van der Waals surface area contributed by atoms with Crippen LogP contribution in [0.15, 0.2) is 36.4 Å². The summed E-state index contributed by atoms with van der Waals surface area (Å²) in [6.07, 6.45) is 2.87. The minimum atomic E-state index is -0.423. The predicted octanol–water partition coefficient (Wildman–Crippen LogP) is 1.85. The zero-order valence-corrected chi connectivity index (χ0v) is 8.88. The van der Waals surface area contributed by atoms with Crippen molar-refractivity contribution in [3.63, 3.8) is 0 Å². The largest absolute Gasteiger partial charge is 0.461 e. The number of carbonyl (C=O) groups is 1. The topological polar surface area (TPSA) is 44.1 Å². The summed E-state index contributed by atoms with van der Waals surface area (Å²) in [6.45, 7) is 2.10. The Balaban J connectivity index is 2.23. The van der Waals surface area contributed by atoms with Crippen LogP contribution >= 0.6 is 0 Å². The van der Waals surface area contributed by atoms with Crippen LogP contribution in [0, 0.1) is 6.20 Å². The molecule has 1 aromatic carbocycles. The number of hydrogen-bond donors (Lipinski definition) is 0. The van der Waals surface area contributed by atoms with Gasteiger partial charge in [-0.05, 0) is 19.1 Å². The van der Waals surface area contributed by atoms with Crippen LogP contribution in [0.4, 0.5) is 0 Å². The molecule has 16 heavy (non-hydrogen) atoms. The number of benzene rings is 1. The Hall–Kier alpha value is -2.10. The van der Waals surface area contributed by atoms with Crippen molar-refractivity contribution in [1.29, 1.82) is 0 Å². The maximum atomic E-state index is 11.4. The van der Waals surface area contributed by atoms with E-state index in [9.17, 15) is 4.79 Å². The van der Waals surface area contributed by atoms with Gasteiger partial charge in [-0.25, -0.2) is 9.48 Å². The van der Waals surface area contributed by atoms with Gasteiger partial charge < -0.3 is 4.74 Å². The lowest BCUT2D eigenvalue weighted by Crippen LogP contribution is -2.06. The van der Waals surface area contributed by atoms with Gasteiger partial charge in [-0.2, -0.15) is 5.10 Å². The van der Waals surface area contributed by atoms with Crippen molar-refractivity contribution in [2.45, 2.75) is 6.92 Å².